The molecule has 0 aliphatic rings. The molecule has 2 heterocycles. The quantitative estimate of drug-likeness (QED) is 0.515. The lowest BCUT2D eigenvalue weighted by Crippen LogP contribution is -2.27. The van der Waals surface area contributed by atoms with Crippen LogP contribution in [0.5, 0.6) is 0 Å². The van der Waals surface area contributed by atoms with E-state index in [1.165, 1.54) is 33.8 Å². The zero-order valence-corrected chi connectivity index (χ0v) is 16.3. The third kappa shape index (κ3) is 3.95. The van der Waals surface area contributed by atoms with Crippen LogP contribution in [-0.2, 0) is 0 Å². The summed E-state index contributed by atoms with van der Waals surface area (Å²) in [7, 11) is 0. The number of hydrogen-bond acceptors (Lipinski definition) is 7. The Hall–Kier alpha value is -2.23. The van der Waals surface area contributed by atoms with Crippen molar-refractivity contribution in [3.8, 4) is 5.69 Å². The highest BCUT2D eigenvalue weighted by molar-refractivity contribution is 8.01. The van der Waals surface area contributed by atoms with Gasteiger partial charge in [0.25, 0.3) is 5.91 Å². The van der Waals surface area contributed by atoms with Gasteiger partial charge < -0.3 is 0 Å². The molecule has 1 amide bonds. The van der Waals surface area contributed by atoms with Crippen molar-refractivity contribution in [3.05, 3.63) is 57.0 Å². The second-order valence-electron chi connectivity index (χ2n) is 5.12. The second-order valence-corrected chi connectivity index (χ2v) is 8.02. The Kier molecular flexibility index (Phi) is 5.70. The van der Waals surface area contributed by atoms with E-state index in [-0.39, 0.29) is 5.69 Å². The fraction of sp³-hybridized carbons (Fsp3) is 0.188. The molecule has 3 aromatic rings. The van der Waals surface area contributed by atoms with Crippen molar-refractivity contribution >= 4 is 45.7 Å². The minimum atomic E-state index is -0.639. The summed E-state index contributed by atoms with van der Waals surface area (Å²) in [6.07, 6.45) is 0. The van der Waals surface area contributed by atoms with E-state index in [1.54, 1.807) is 31.2 Å². The van der Waals surface area contributed by atoms with Crippen LogP contribution >= 0.6 is 34.7 Å². The Morgan fingerprint density at radius 1 is 1.35 bits per heavy atom. The van der Waals surface area contributed by atoms with E-state index >= 15 is 0 Å². The van der Waals surface area contributed by atoms with Crippen LogP contribution in [-0.4, -0.2) is 31.6 Å². The number of amides is 1. The molecule has 134 valence electrons. The molecule has 0 unspecified atom stereocenters. The Labute approximate surface area is 162 Å². The van der Waals surface area contributed by atoms with Crippen LogP contribution in [0.15, 0.2) is 39.5 Å². The normalized spacial score (nSPS) is 10.7. The molecule has 0 aliphatic carbocycles. The van der Waals surface area contributed by atoms with Crippen molar-refractivity contribution in [2.75, 3.05) is 11.1 Å². The van der Waals surface area contributed by atoms with E-state index in [2.05, 4.69) is 20.6 Å². The minimum Gasteiger partial charge on any atom is -0.295 e. The molecule has 1 aromatic carbocycles. The lowest BCUT2D eigenvalue weighted by atomic mass is 10.2. The van der Waals surface area contributed by atoms with Crippen LogP contribution in [0.25, 0.3) is 5.69 Å². The van der Waals surface area contributed by atoms with E-state index in [1.807, 2.05) is 6.92 Å². The van der Waals surface area contributed by atoms with Gasteiger partial charge in [-0.3, -0.25) is 14.9 Å². The average molecular weight is 408 g/mol. The molecule has 2 aromatic heterocycles. The number of carbonyl (C=O) groups is 1. The van der Waals surface area contributed by atoms with Gasteiger partial charge in [-0.15, -0.1) is 10.2 Å². The summed E-state index contributed by atoms with van der Waals surface area (Å²) in [6.45, 7) is 3.72. The summed E-state index contributed by atoms with van der Waals surface area (Å²) in [5.41, 5.74) is 0.432. The maximum absolute atomic E-state index is 12.5. The van der Waals surface area contributed by atoms with Gasteiger partial charge in [0.1, 0.15) is 0 Å². The molecular weight excluding hydrogens is 394 g/mol. The lowest BCUT2D eigenvalue weighted by Gasteiger charge is -2.12. The number of aryl methyl sites for hydroxylation is 1. The molecule has 0 saturated carbocycles. The zero-order valence-electron chi connectivity index (χ0n) is 13.9. The number of thioether (sulfide) groups is 1. The van der Waals surface area contributed by atoms with Crippen molar-refractivity contribution in [3.63, 3.8) is 0 Å². The standard InChI is InChI=1S/C16H14ClN5O2S2/c1-3-25-16-20-19-15(26-16)18-14(24)13-12(23)8-9(2)22(21-13)11-7-5-4-6-10(11)17/h4-8H,3H2,1-2H3,(H,18,19,24). The Balaban J connectivity index is 1.94. The highest BCUT2D eigenvalue weighted by Gasteiger charge is 2.18. The van der Waals surface area contributed by atoms with Gasteiger partial charge >= 0.3 is 0 Å². The van der Waals surface area contributed by atoms with Crippen LogP contribution in [0.4, 0.5) is 5.13 Å². The first kappa shape index (κ1) is 18.6. The van der Waals surface area contributed by atoms with Gasteiger partial charge in [0, 0.05) is 11.8 Å². The first-order valence-corrected chi connectivity index (χ1v) is 9.81. The van der Waals surface area contributed by atoms with E-state index in [0.717, 1.165) is 10.1 Å². The molecule has 7 nitrogen and oxygen atoms in total. The molecule has 0 saturated heterocycles. The highest BCUT2D eigenvalue weighted by atomic mass is 35.5. The minimum absolute atomic E-state index is 0.240. The monoisotopic (exact) mass is 407 g/mol. The van der Waals surface area contributed by atoms with Crippen molar-refractivity contribution in [2.45, 2.75) is 18.2 Å². The molecule has 3 rings (SSSR count). The second kappa shape index (κ2) is 7.98. The topological polar surface area (TPSA) is 89.8 Å². The number of rotatable bonds is 5. The number of halogens is 1. The molecule has 1 N–H and O–H groups in total. The Morgan fingerprint density at radius 2 is 2.12 bits per heavy atom. The van der Waals surface area contributed by atoms with Gasteiger partial charge in [0.15, 0.2) is 10.0 Å². The number of carbonyl (C=O) groups excluding carboxylic acids is 1. The summed E-state index contributed by atoms with van der Waals surface area (Å²) in [6, 6.07) is 8.41. The van der Waals surface area contributed by atoms with Crippen LogP contribution in [0, 0.1) is 6.92 Å². The van der Waals surface area contributed by atoms with Gasteiger partial charge in [0.2, 0.25) is 10.6 Å². The zero-order chi connectivity index (χ0) is 18.7. The van der Waals surface area contributed by atoms with Gasteiger partial charge in [-0.05, 0) is 24.8 Å². The Bertz CT molecular complexity index is 1020. The predicted octanol–water partition coefficient (Wildman–Crippen LogP) is 3.41. The molecule has 0 bridgehead atoms. The van der Waals surface area contributed by atoms with Crippen molar-refractivity contribution in [2.24, 2.45) is 0 Å². The van der Waals surface area contributed by atoms with Gasteiger partial charge in [0.05, 0.1) is 10.7 Å². The summed E-state index contributed by atoms with van der Waals surface area (Å²) in [5.74, 6) is 0.213. The number of benzene rings is 1. The van der Waals surface area contributed by atoms with Crippen LogP contribution in [0.3, 0.4) is 0 Å². The van der Waals surface area contributed by atoms with E-state index < -0.39 is 11.3 Å². The van der Waals surface area contributed by atoms with Crippen molar-refractivity contribution in [1.29, 1.82) is 0 Å². The summed E-state index contributed by atoms with van der Waals surface area (Å²) in [4.78, 5) is 24.7. The molecule has 0 radical (unpaired) electrons. The molecule has 0 fully saturated rings. The highest BCUT2D eigenvalue weighted by Crippen LogP contribution is 2.25. The molecule has 10 heteroatoms. The van der Waals surface area contributed by atoms with Crippen LogP contribution in [0.1, 0.15) is 23.1 Å². The van der Waals surface area contributed by atoms with Gasteiger partial charge in [-0.1, -0.05) is 53.8 Å². The third-order valence-corrected chi connectivity index (χ3v) is 5.47. The van der Waals surface area contributed by atoms with Crippen LogP contribution < -0.4 is 10.7 Å². The smallest absolute Gasteiger partial charge is 0.282 e. The molecule has 0 spiro atoms. The number of nitrogens with zero attached hydrogens (tertiary/aromatic N) is 4. The number of anilines is 1. The predicted molar refractivity (Wildman–Crippen MR) is 104 cm³/mol. The first-order valence-electron chi connectivity index (χ1n) is 7.63. The molecule has 26 heavy (non-hydrogen) atoms. The maximum atomic E-state index is 12.5. The van der Waals surface area contributed by atoms with Crippen molar-refractivity contribution in [1.82, 2.24) is 20.0 Å². The number of nitrogens with one attached hydrogen (secondary N) is 1. The SMILES string of the molecule is CCSc1nnc(NC(=O)c2nn(-c3ccccc3Cl)c(C)cc2=O)s1. The summed E-state index contributed by atoms with van der Waals surface area (Å²) >= 11 is 8.97. The number of para-hydroxylation sites is 1. The number of aromatic nitrogens is 4. The van der Waals surface area contributed by atoms with Crippen LogP contribution in [0.2, 0.25) is 5.02 Å². The summed E-state index contributed by atoms with van der Waals surface area (Å²) in [5, 5.41) is 15.4. The average Bonchev–Trinajstić information content (AvgIpc) is 3.03. The molecule has 0 atom stereocenters. The first-order chi connectivity index (χ1) is 12.5. The third-order valence-electron chi connectivity index (χ3n) is 3.30. The largest absolute Gasteiger partial charge is 0.295 e. The fourth-order valence-electron chi connectivity index (χ4n) is 2.17. The molecular formula is C16H14ClN5O2S2. The van der Waals surface area contributed by atoms with E-state index in [0.29, 0.717) is 21.5 Å². The maximum Gasteiger partial charge on any atom is 0.282 e. The lowest BCUT2D eigenvalue weighted by molar-refractivity contribution is 0.101. The van der Waals surface area contributed by atoms with Gasteiger partial charge in [-0.2, -0.15) is 5.10 Å². The molecule has 0 aliphatic heterocycles. The summed E-state index contributed by atoms with van der Waals surface area (Å²) < 4.78 is 2.21. The number of hydrogen-bond donors (Lipinski definition) is 1. The van der Waals surface area contributed by atoms with E-state index in [9.17, 15) is 9.59 Å². The van der Waals surface area contributed by atoms with E-state index in [4.69, 9.17) is 11.6 Å². The van der Waals surface area contributed by atoms with Crippen molar-refractivity contribution < 1.29 is 4.79 Å². The van der Waals surface area contributed by atoms with Gasteiger partial charge in [-0.25, -0.2) is 4.68 Å². The Morgan fingerprint density at radius 3 is 2.85 bits per heavy atom. The fourth-order valence-corrected chi connectivity index (χ4v) is 4.03.